The largest absolute Gasteiger partial charge is 0.270 e. The Hall–Kier alpha value is -0.500. The van der Waals surface area contributed by atoms with Crippen molar-refractivity contribution >= 4 is 11.6 Å². The molecule has 0 spiro atoms. The van der Waals surface area contributed by atoms with Gasteiger partial charge in [0.1, 0.15) is 0 Å². The van der Waals surface area contributed by atoms with Gasteiger partial charge in [-0.15, -0.1) is 11.6 Å². The fourth-order valence-electron chi connectivity index (χ4n) is 1.61. The Bertz CT molecular complexity index is 268. The number of aryl methyl sites for hydroxylation is 3. The highest BCUT2D eigenvalue weighted by Gasteiger charge is 1.99. The summed E-state index contributed by atoms with van der Waals surface area (Å²) < 4.78 is 2.09. The highest BCUT2D eigenvalue weighted by atomic mass is 35.5. The van der Waals surface area contributed by atoms with Gasteiger partial charge in [0, 0.05) is 18.1 Å². The number of hydrogen-bond acceptors (Lipinski definition) is 1. The average Bonchev–Trinajstić information content (AvgIpc) is 2.45. The lowest BCUT2D eigenvalue weighted by atomic mass is 10.2. The Kier molecular flexibility index (Phi) is 5.02. The second-order valence-electron chi connectivity index (χ2n) is 3.75. The van der Waals surface area contributed by atoms with Gasteiger partial charge < -0.3 is 0 Å². The number of nitrogens with zero attached hydrogens (tertiary/aromatic N) is 2. The molecule has 1 rings (SSSR count). The lowest BCUT2D eigenvalue weighted by molar-refractivity contribution is 0.530. The van der Waals surface area contributed by atoms with Crippen molar-refractivity contribution in [1.29, 1.82) is 0 Å². The smallest absolute Gasteiger partial charge is 0.0596 e. The maximum atomic E-state index is 5.61. The van der Waals surface area contributed by atoms with Gasteiger partial charge in [0.15, 0.2) is 0 Å². The normalized spacial score (nSPS) is 10.8. The molecule has 0 N–H and O–H groups in total. The number of unbranched alkanes of at least 4 members (excludes halogenated alkanes) is 3. The van der Waals surface area contributed by atoms with Gasteiger partial charge in [-0.2, -0.15) is 5.10 Å². The van der Waals surface area contributed by atoms with Crippen molar-refractivity contribution < 1.29 is 0 Å². The molecule has 1 aromatic rings. The third kappa shape index (κ3) is 3.70. The van der Waals surface area contributed by atoms with Crippen molar-refractivity contribution in [2.45, 2.75) is 46.1 Å². The zero-order valence-electron chi connectivity index (χ0n) is 9.09. The Morgan fingerprint density at radius 3 is 2.50 bits per heavy atom. The third-order valence-corrected chi connectivity index (χ3v) is 2.62. The Morgan fingerprint density at radius 2 is 1.93 bits per heavy atom. The monoisotopic (exact) mass is 214 g/mol. The van der Waals surface area contributed by atoms with Gasteiger partial charge >= 0.3 is 0 Å². The molecule has 0 atom stereocenters. The summed E-state index contributed by atoms with van der Waals surface area (Å²) in [7, 11) is 0. The van der Waals surface area contributed by atoms with Crippen LogP contribution in [0.5, 0.6) is 0 Å². The highest BCUT2D eigenvalue weighted by Crippen LogP contribution is 2.06. The molecule has 0 radical (unpaired) electrons. The summed E-state index contributed by atoms with van der Waals surface area (Å²) >= 11 is 5.61. The second-order valence-corrected chi connectivity index (χ2v) is 4.13. The van der Waals surface area contributed by atoms with Crippen LogP contribution in [-0.4, -0.2) is 15.7 Å². The summed E-state index contributed by atoms with van der Waals surface area (Å²) in [5, 5.41) is 4.42. The average molecular weight is 215 g/mol. The minimum absolute atomic E-state index is 0.792. The Balaban J connectivity index is 2.21. The molecular weight excluding hydrogens is 196 g/mol. The van der Waals surface area contributed by atoms with E-state index >= 15 is 0 Å². The van der Waals surface area contributed by atoms with Crippen LogP contribution in [0, 0.1) is 13.8 Å². The molecule has 3 heteroatoms. The first-order valence-corrected chi connectivity index (χ1v) is 5.84. The van der Waals surface area contributed by atoms with Crippen LogP contribution in [0.2, 0.25) is 0 Å². The lowest BCUT2D eigenvalue weighted by Crippen LogP contribution is -2.02. The molecule has 1 heterocycles. The first kappa shape index (κ1) is 11.6. The van der Waals surface area contributed by atoms with Crippen LogP contribution in [0.4, 0.5) is 0 Å². The predicted octanol–water partition coefficient (Wildman–Crippen LogP) is 3.30. The van der Waals surface area contributed by atoms with Gasteiger partial charge in [0.05, 0.1) is 5.69 Å². The standard InChI is InChI=1S/C11H19ClN2/c1-10-9-11(2)14(13-10)8-6-4-3-5-7-12/h9H,3-8H2,1-2H3. The molecule has 14 heavy (non-hydrogen) atoms. The SMILES string of the molecule is Cc1cc(C)n(CCCCCCCl)n1. The van der Waals surface area contributed by atoms with E-state index in [1.165, 1.54) is 25.0 Å². The fourth-order valence-corrected chi connectivity index (χ4v) is 1.80. The molecule has 0 aromatic carbocycles. The molecule has 0 aliphatic rings. The van der Waals surface area contributed by atoms with Crippen molar-refractivity contribution in [2.75, 3.05) is 5.88 Å². The van der Waals surface area contributed by atoms with Crippen molar-refractivity contribution in [3.05, 3.63) is 17.5 Å². The van der Waals surface area contributed by atoms with Gasteiger partial charge in [-0.25, -0.2) is 0 Å². The summed E-state index contributed by atoms with van der Waals surface area (Å²) in [5.74, 6) is 0.792. The number of aromatic nitrogens is 2. The molecule has 0 aliphatic carbocycles. The van der Waals surface area contributed by atoms with Crippen LogP contribution >= 0.6 is 11.6 Å². The number of alkyl halides is 1. The minimum Gasteiger partial charge on any atom is -0.270 e. The summed E-state index contributed by atoms with van der Waals surface area (Å²) in [6, 6.07) is 2.12. The topological polar surface area (TPSA) is 17.8 Å². The van der Waals surface area contributed by atoms with Crippen molar-refractivity contribution in [1.82, 2.24) is 9.78 Å². The van der Waals surface area contributed by atoms with Gasteiger partial charge in [-0.3, -0.25) is 4.68 Å². The number of rotatable bonds is 6. The molecule has 2 nitrogen and oxygen atoms in total. The van der Waals surface area contributed by atoms with Gasteiger partial charge in [0.2, 0.25) is 0 Å². The maximum absolute atomic E-state index is 5.61. The van der Waals surface area contributed by atoms with E-state index in [0.29, 0.717) is 0 Å². The summed E-state index contributed by atoms with van der Waals surface area (Å²) in [6.07, 6.45) is 4.84. The van der Waals surface area contributed by atoms with E-state index < -0.39 is 0 Å². The van der Waals surface area contributed by atoms with E-state index in [1.807, 2.05) is 6.92 Å². The van der Waals surface area contributed by atoms with E-state index in [-0.39, 0.29) is 0 Å². The Morgan fingerprint density at radius 1 is 1.21 bits per heavy atom. The molecule has 0 saturated carbocycles. The van der Waals surface area contributed by atoms with Gasteiger partial charge in [-0.1, -0.05) is 12.8 Å². The van der Waals surface area contributed by atoms with Crippen LogP contribution in [0.1, 0.15) is 37.1 Å². The van der Waals surface area contributed by atoms with E-state index in [1.54, 1.807) is 0 Å². The van der Waals surface area contributed by atoms with Crippen molar-refractivity contribution in [2.24, 2.45) is 0 Å². The van der Waals surface area contributed by atoms with Crippen LogP contribution < -0.4 is 0 Å². The Labute approximate surface area is 91.3 Å². The van der Waals surface area contributed by atoms with Crippen molar-refractivity contribution in [3.8, 4) is 0 Å². The molecule has 0 unspecified atom stereocenters. The highest BCUT2D eigenvalue weighted by molar-refractivity contribution is 6.17. The maximum Gasteiger partial charge on any atom is 0.0596 e. The molecule has 0 bridgehead atoms. The number of halogens is 1. The summed E-state index contributed by atoms with van der Waals surface area (Å²) in [6.45, 7) is 5.19. The zero-order chi connectivity index (χ0) is 10.4. The first-order valence-electron chi connectivity index (χ1n) is 5.31. The van der Waals surface area contributed by atoms with Crippen molar-refractivity contribution in [3.63, 3.8) is 0 Å². The predicted molar refractivity (Wildman–Crippen MR) is 60.9 cm³/mol. The second kappa shape index (κ2) is 6.07. The molecule has 80 valence electrons. The van der Waals surface area contributed by atoms with E-state index in [2.05, 4.69) is 22.8 Å². The van der Waals surface area contributed by atoms with E-state index in [9.17, 15) is 0 Å². The molecule has 0 fully saturated rings. The molecule has 0 amide bonds. The quantitative estimate of drug-likeness (QED) is 0.525. The zero-order valence-corrected chi connectivity index (χ0v) is 9.85. The van der Waals surface area contributed by atoms with Gasteiger partial charge in [-0.05, 0) is 32.8 Å². The fraction of sp³-hybridized carbons (Fsp3) is 0.727. The van der Waals surface area contributed by atoms with Gasteiger partial charge in [0.25, 0.3) is 0 Å². The molecule has 0 saturated heterocycles. The summed E-state index contributed by atoms with van der Waals surface area (Å²) in [5.41, 5.74) is 2.38. The molecular formula is C11H19ClN2. The molecule has 1 aromatic heterocycles. The minimum atomic E-state index is 0.792. The van der Waals surface area contributed by atoms with E-state index in [0.717, 1.165) is 24.5 Å². The van der Waals surface area contributed by atoms with Crippen LogP contribution in [0.3, 0.4) is 0 Å². The van der Waals surface area contributed by atoms with E-state index in [4.69, 9.17) is 11.6 Å². The van der Waals surface area contributed by atoms with Crippen LogP contribution in [0.25, 0.3) is 0 Å². The lowest BCUT2D eigenvalue weighted by Gasteiger charge is -2.03. The van der Waals surface area contributed by atoms with Crippen LogP contribution in [0.15, 0.2) is 6.07 Å². The molecule has 0 aliphatic heterocycles. The third-order valence-electron chi connectivity index (χ3n) is 2.36. The van der Waals surface area contributed by atoms with Crippen LogP contribution in [-0.2, 0) is 6.54 Å². The number of hydrogen-bond donors (Lipinski definition) is 0. The summed E-state index contributed by atoms with van der Waals surface area (Å²) in [4.78, 5) is 0. The first-order chi connectivity index (χ1) is 6.74.